The van der Waals surface area contributed by atoms with E-state index >= 15 is 0 Å². The molecule has 0 fully saturated rings. The van der Waals surface area contributed by atoms with Gasteiger partial charge >= 0.3 is 5.51 Å². The molecule has 0 atom stereocenters. The Morgan fingerprint density at radius 1 is 1.33 bits per heavy atom. The van der Waals surface area contributed by atoms with Crippen molar-refractivity contribution in [1.82, 2.24) is 0 Å². The van der Waals surface area contributed by atoms with E-state index in [1.807, 2.05) is 0 Å². The van der Waals surface area contributed by atoms with Gasteiger partial charge in [0.25, 0.3) is 0 Å². The number of para-hydroxylation sites is 1. The number of carbonyl (C=O) groups is 1. The molecule has 1 rings (SSSR count). The van der Waals surface area contributed by atoms with Gasteiger partial charge in [-0.3, -0.25) is 4.79 Å². The summed E-state index contributed by atoms with van der Waals surface area (Å²) in [6, 6.07) is 6.57. The normalized spacial score (nSPS) is 11.3. The first-order valence-electron chi connectivity index (χ1n) is 5.39. The van der Waals surface area contributed by atoms with Crippen LogP contribution >= 0.6 is 11.8 Å². The number of benzene rings is 1. The standard InChI is InChI=1S/C12H13F3O2S/c1-2-10(16)9-5-3-4-6-11(9)17-7-8-18-12(13,14)15/h3-6H,2,7-8H2,1H3. The highest BCUT2D eigenvalue weighted by molar-refractivity contribution is 8.00. The lowest BCUT2D eigenvalue weighted by atomic mass is 10.1. The van der Waals surface area contributed by atoms with Crippen LogP contribution in [0.25, 0.3) is 0 Å². The summed E-state index contributed by atoms with van der Waals surface area (Å²) in [5, 5.41) is 0. The number of hydrogen-bond acceptors (Lipinski definition) is 3. The third-order valence-electron chi connectivity index (χ3n) is 2.12. The Hall–Kier alpha value is -1.17. The molecule has 1 aromatic rings. The molecule has 0 aliphatic carbocycles. The third kappa shape index (κ3) is 5.00. The molecule has 1 aromatic carbocycles. The zero-order chi connectivity index (χ0) is 13.6. The van der Waals surface area contributed by atoms with E-state index in [-0.39, 0.29) is 29.9 Å². The van der Waals surface area contributed by atoms with Gasteiger partial charge in [-0.25, -0.2) is 0 Å². The second-order valence-electron chi connectivity index (χ2n) is 3.42. The topological polar surface area (TPSA) is 26.3 Å². The maximum Gasteiger partial charge on any atom is 0.441 e. The highest BCUT2D eigenvalue weighted by Crippen LogP contribution is 2.30. The lowest BCUT2D eigenvalue weighted by Crippen LogP contribution is -2.09. The Kier molecular flexibility index (Phi) is 5.53. The second kappa shape index (κ2) is 6.68. The van der Waals surface area contributed by atoms with Crippen molar-refractivity contribution in [2.45, 2.75) is 18.9 Å². The van der Waals surface area contributed by atoms with Crippen molar-refractivity contribution < 1.29 is 22.7 Å². The van der Waals surface area contributed by atoms with Crippen LogP contribution in [0.1, 0.15) is 23.7 Å². The number of hydrogen-bond donors (Lipinski definition) is 0. The zero-order valence-corrected chi connectivity index (χ0v) is 10.6. The Morgan fingerprint density at radius 3 is 2.61 bits per heavy atom. The van der Waals surface area contributed by atoms with E-state index in [9.17, 15) is 18.0 Å². The number of rotatable bonds is 6. The lowest BCUT2D eigenvalue weighted by Gasteiger charge is -2.10. The summed E-state index contributed by atoms with van der Waals surface area (Å²) in [7, 11) is 0. The predicted octanol–water partition coefficient (Wildman–Crippen LogP) is 3.91. The summed E-state index contributed by atoms with van der Waals surface area (Å²) in [5.41, 5.74) is -3.83. The number of alkyl halides is 3. The number of thioether (sulfide) groups is 1. The maximum absolute atomic E-state index is 11.9. The van der Waals surface area contributed by atoms with Gasteiger partial charge in [0.1, 0.15) is 5.75 Å². The molecule has 0 radical (unpaired) electrons. The minimum absolute atomic E-state index is 0.0851. The van der Waals surface area contributed by atoms with Gasteiger partial charge in [0.2, 0.25) is 0 Å². The fraction of sp³-hybridized carbons (Fsp3) is 0.417. The molecule has 6 heteroatoms. The predicted molar refractivity (Wildman–Crippen MR) is 65.1 cm³/mol. The van der Waals surface area contributed by atoms with Crippen molar-refractivity contribution in [2.75, 3.05) is 12.4 Å². The molecule has 0 bridgehead atoms. The highest BCUT2D eigenvalue weighted by atomic mass is 32.2. The molecular formula is C12H13F3O2S. The van der Waals surface area contributed by atoms with E-state index in [0.29, 0.717) is 17.7 Å². The molecule has 0 saturated heterocycles. The molecule has 0 amide bonds. The quantitative estimate of drug-likeness (QED) is 0.583. The van der Waals surface area contributed by atoms with Crippen molar-refractivity contribution >= 4 is 17.5 Å². The summed E-state index contributed by atoms with van der Waals surface area (Å²) < 4.78 is 40.9. The number of carbonyl (C=O) groups excluding carboxylic acids is 1. The van der Waals surface area contributed by atoms with Crippen molar-refractivity contribution in [3.8, 4) is 5.75 Å². The minimum atomic E-state index is -4.25. The summed E-state index contributed by atoms with van der Waals surface area (Å²) >= 11 is -0.137. The van der Waals surface area contributed by atoms with Crippen molar-refractivity contribution in [3.63, 3.8) is 0 Å². The van der Waals surface area contributed by atoms with E-state index < -0.39 is 5.51 Å². The van der Waals surface area contributed by atoms with Gasteiger partial charge < -0.3 is 4.74 Å². The molecule has 2 nitrogen and oxygen atoms in total. The maximum atomic E-state index is 11.9. The van der Waals surface area contributed by atoms with Crippen LogP contribution in [0.4, 0.5) is 13.2 Å². The Labute approximate surface area is 108 Å². The molecular weight excluding hydrogens is 265 g/mol. The Balaban J connectivity index is 2.54. The fourth-order valence-corrected chi connectivity index (χ4v) is 1.72. The van der Waals surface area contributed by atoms with Gasteiger partial charge in [0.05, 0.1) is 12.2 Å². The third-order valence-corrected chi connectivity index (χ3v) is 2.81. The molecule has 0 aliphatic heterocycles. The Bertz CT molecular complexity index is 405. The Morgan fingerprint density at radius 2 is 2.00 bits per heavy atom. The highest BCUT2D eigenvalue weighted by Gasteiger charge is 2.27. The number of Topliss-reactive ketones (excluding diaryl/α,β-unsaturated/α-hetero) is 1. The summed E-state index contributed by atoms with van der Waals surface area (Å²) in [6.45, 7) is 1.64. The van der Waals surface area contributed by atoms with Crippen LogP contribution in [0, 0.1) is 0 Å². The molecule has 0 aromatic heterocycles. The molecule has 18 heavy (non-hydrogen) atoms. The monoisotopic (exact) mass is 278 g/mol. The number of halogens is 3. The van der Waals surface area contributed by atoms with Crippen LogP contribution in [0.15, 0.2) is 24.3 Å². The first-order chi connectivity index (χ1) is 8.44. The summed E-state index contributed by atoms with van der Waals surface area (Å²) in [5.74, 6) is 0.0548. The van der Waals surface area contributed by atoms with Crippen LogP contribution < -0.4 is 4.74 Å². The molecule has 0 unspecified atom stereocenters. The second-order valence-corrected chi connectivity index (χ2v) is 4.58. The van der Waals surface area contributed by atoms with Gasteiger partial charge in [-0.2, -0.15) is 13.2 Å². The van der Waals surface area contributed by atoms with Crippen LogP contribution in [0.3, 0.4) is 0 Å². The number of ether oxygens (including phenoxy) is 1. The zero-order valence-electron chi connectivity index (χ0n) is 9.79. The van der Waals surface area contributed by atoms with Gasteiger partial charge in [-0.15, -0.1) is 0 Å². The molecule has 0 N–H and O–H groups in total. The smallest absolute Gasteiger partial charge is 0.441 e. The van der Waals surface area contributed by atoms with E-state index in [4.69, 9.17) is 4.74 Å². The lowest BCUT2D eigenvalue weighted by molar-refractivity contribution is -0.0329. The first-order valence-corrected chi connectivity index (χ1v) is 6.38. The average molecular weight is 278 g/mol. The van der Waals surface area contributed by atoms with Crippen LogP contribution in [-0.2, 0) is 0 Å². The van der Waals surface area contributed by atoms with Gasteiger partial charge in [0.15, 0.2) is 5.78 Å². The average Bonchev–Trinajstić information content (AvgIpc) is 2.33. The van der Waals surface area contributed by atoms with E-state index in [1.165, 1.54) is 0 Å². The largest absolute Gasteiger partial charge is 0.492 e. The van der Waals surface area contributed by atoms with E-state index in [1.54, 1.807) is 31.2 Å². The van der Waals surface area contributed by atoms with Crippen molar-refractivity contribution in [1.29, 1.82) is 0 Å². The SMILES string of the molecule is CCC(=O)c1ccccc1OCCSC(F)(F)F. The van der Waals surface area contributed by atoms with Gasteiger partial charge in [-0.05, 0) is 23.9 Å². The summed E-state index contributed by atoms with van der Waals surface area (Å²) in [4.78, 5) is 11.6. The fourth-order valence-electron chi connectivity index (χ4n) is 1.32. The molecule has 0 aliphatic rings. The molecule has 0 spiro atoms. The molecule has 0 heterocycles. The summed E-state index contributed by atoms with van der Waals surface area (Å²) in [6.07, 6.45) is 0.331. The molecule has 100 valence electrons. The van der Waals surface area contributed by atoms with Crippen molar-refractivity contribution in [2.24, 2.45) is 0 Å². The first kappa shape index (κ1) is 14.9. The van der Waals surface area contributed by atoms with Gasteiger partial charge in [-0.1, -0.05) is 19.1 Å². The van der Waals surface area contributed by atoms with Crippen LogP contribution in [0.5, 0.6) is 5.75 Å². The van der Waals surface area contributed by atoms with Crippen LogP contribution in [0.2, 0.25) is 0 Å². The minimum Gasteiger partial charge on any atom is -0.492 e. The number of ketones is 1. The van der Waals surface area contributed by atoms with Crippen molar-refractivity contribution in [3.05, 3.63) is 29.8 Å². The van der Waals surface area contributed by atoms with E-state index in [2.05, 4.69) is 0 Å². The van der Waals surface area contributed by atoms with E-state index in [0.717, 1.165) is 0 Å². The van der Waals surface area contributed by atoms with Crippen LogP contribution in [-0.4, -0.2) is 23.7 Å². The molecule has 0 saturated carbocycles. The van der Waals surface area contributed by atoms with Gasteiger partial charge in [0, 0.05) is 12.2 Å².